The molecule has 7 nitrogen and oxygen atoms in total. The van der Waals surface area contributed by atoms with Crippen LogP contribution in [0.2, 0.25) is 0 Å². The minimum Gasteiger partial charge on any atom is -0.408 e. The molecule has 1 aromatic heterocycles. The van der Waals surface area contributed by atoms with E-state index >= 15 is 0 Å². The molecule has 2 fully saturated rings. The van der Waals surface area contributed by atoms with Crippen LogP contribution in [0.25, 0.3) is 0 Å². The van der Waals surface area contributed by atoms with Gasteiger partial charge in [0, 0.05) is 39.1 Å². The zero-order valence-corrected chi connectivity index (χ0v) is 11.8. The molecule has 0 aromatic carbocycles. The number of aromatic nitrogens is 2. The van der Waals surface area contributed by atoms with Crippen LogP contribution in [0.4, 0.5) is 10.8 Å². The van der Waals surface area contributed by atoms with Crippen LogP contribution < -0.4 is 10.2 Å². The van der Waals surface area contributed by atoms with Crippen molar-refractivity contribution in [2.75, 3.05) is 31.1 Å². The van der Waals surface area contributed by atoms with Crippen molar-refractivity contribution in [2.24, 2.45) is 0 Å². The molecule has 1 aliphatic heterocycles. The number of carbonyl (C=O) groups is 1. The van der Waals surface area contributed by atoms with Crippen molar-refractivity contribution >= 4 is 12.0 Å². The van der Waals surface area contributed by atoms with E-state index in [1.54, 1.807) is 6.92 Å². The molecule has 0 unspecified atom stereocenters. The lowest BCUT2D eigenvalue weighted by Crippen LogP contribution is -2.53. The number of hydrogen-bond donors (Lipinski definition) is 1. The summed E-state index contributed by atoms with van der Waals surface area (Å²) in [6, 6.07) is 0.996. The first-order chi connectivity index (χ1) is 9.72. The van der Waals surface area contributed by atoms with Crippen molar-refractivity contribution < 1.29 is 9.21 Å². The smallest absolute Gasteiger partial charge is 0.318 e. The van der Waals surface area contributed by atoms with E-state index in [2.05, 4.69) is 15.5 Å². The summed E-state index contributed by atoms with van der Waals surface area (Å²) < 4.78 is 5.41. The van der Waals surface area contributed by atoms with E-state index in [1.807, 2.05) is 9.80 Å². The van der Waals surface area contributed by atoms with Gasteiger partial charge in [-0.15, -0.1) is 5.10 Å². The Bertz CT molecular complexity index is 461. The predicted octanol–water partition coefficient (Wildman–Crippen LogP) is 1.15. The molecule has 110 valence electrons. The number of nitrogens with one attached hydrogen (secondary N) is 1. The van der Waals surface area contributed by atoms with Crippen LogP contribution in [0.5, 0.6) is 0 Å². The first-order valence-corrected chi connectivity index (χ1v) is 7.33. The fourth-order valence-electron chi connectivity index (χ4n) is 2.85. The number of piperazine rings is 1. The molecule has 1 aromatic rings. The predicted molar refractivity (Wildman–Crippen MR) is 73.6 cm³/mol. The molecule has 1 saturated heterocycles. The van der Waals surface area contributed by atoms with Gasteiger partial charge in [-0.05, 0) is 12.8 Å². The highest BCUT2D eigenvalue weighted by atomic mass is 16.4. The first kappa shape index (κ1) is 13.2. The normalized spacial score (nSPS) is 20.4. The summed E-state index contributed by atoms with van der Waals surface area (Å²) in [5.74, 6) is 0.571. The number of amides is 2. The van der Waals surface area contributed by atoms with Gasteiger partial charge < -0.3 is 19.5 Å². The molecular formula is C13H21N5O2. The summed E-state index contributed by atoms with van der Waals surface area (Å²) in [5.41, 5.74) is 0. The maximum Gasteiger partial charge on any atom is 0.318 e. The molecule has 1 saturated carbocycles. The Morgan fingerprint density at radius 2 is 1.90 bits per heavy atom. The van der Waals surface area contributed by atoms with E-state index in [-0.39, 0.29) is 6.03 Å². The van der Waals surface area contributed by atoms with Crippen LogP contribution in [-0.2, 0) is 0 Å². The molecule has 2 aliphatic rings. The number of urea groups is 1. The molecule has 1 N–H and O–H groups in total. The molecule has 7 heteroatoms. The zero-order valence-electron chi connectivity index (χ0n) is 11.8. The summed E-state index contributed by atoms with van der Waals surface area (Å²) in [6.45, 7) is 4.64. The van der Waals surface area contributed by atoms with Crippen LogP contribution in [0.3, 0.4) is 0 Å². The Hall–Kier alpha value is -1.79. The Labute approximate surface area is 118 Å². The topological polar surface area (TPSA) is 74.5 Å². The Kier molecular flexibility index (Phi) is 3.75. The molecule has 0 bridgehead atoms. The lowest BCUT2D eigenvalue weighted by atomic mass is 10.2. The molecule has 0 radical (unpaired) electrons. The number of rotatable bonds is 2. The van der Waals surface area contributed by atoms with Crippen LogP contribution in [0, 0.1) is 6.92 Å². The minimum absolute atomic E-state index is 0.0678. The SMILES string of the molecule is Cc1nnc(N2CCN(C(=O)NC3CCCC3)CC2)o1. The fourth-order valence-corrected chi connectivity index (χ4v) is 2.85. The highest BCUT2D eigenvalue weighted by Gasteiger charge is 2.26. The van der Waals surface area contributed by atoms with Gasteiger partial charge in [0.1, 0.15) is 0 Å². The van der Waals surface area contributed by atoms with Crippen molar-refractivity contribution in [3.05, 3.63) is 5.89 Å². The van der Waals surface area contributed by atoms with E-state index in [1.165, 1.54) is 12.8 Å². The maximum atomic E-state index is 12.1. The number of anilines is 1. The number of hydrogen-bond acceptors (Lipinski definition) is 5. The minimum atomic E-state index is 0.0678. The number of carbonyl (C=O) groups excluding carboxylic acids is 1. The van der Waals surface area contributed by atoms with Gasteiger partial charge >= 0.3 is 12.0 Å². The second-order valence-corrected chi connectivity index (χ2v) is 5.51. The number of aryl methyl sites for hydroxylation is 1. The third-order valence-corrected chi connectivity index (χ3v) is 4.04. The third kappa shape index (κ3) is 2.86. The fraction of sp³-hybridized carbons (Fsp3) is 0.769. The van der Waals surface area contributed by atoms with E-state index < -0.39 is 0 Å². The van der Waals surface area contributed by atoms with E-state index in [0.29, 0.717) is 31.0 Å². The van der Waals surface area contributed by atoms with Gasteiger partial charge in [0.15, 0.2) is 0 Å². The molecule has 0 atom stereocenters. The largest absolute Gasteiger partial charge is 0.408 e. The summed E-state index contributed by atoms with van der Waals surface area (Å²) in [6.07, 6.45) is 4.70. The standard InChI is InChI=1S/C13H21N5O2/c1-10-15-16-13(20-10)18-8-6-17(7-9-18)12(19)14-11-4-2-3-5-11/h11H,2-9H2,1H3,(H,14,19). The summed E-state index contributed by atoms with van der Waals surface area (Å²) in [5, 5.41) is 11.0. The van der Waals surface area contributed by atoms with Gasteiger partial charge in [0.05, 0.1) is 0 Å². The molecule has 0 spiro atoms. The lowest BCUT2D eigenvalue weighted by molar-refractivity contribution is 0.189. The van der Waals surface area contributed by atoms with Gasteiger partial charge in [0.2, 0.25) is 5.89 Å². The maximum absolute atomic E-state index is 12.1. The molecule has 20 heavy (non-hydrogen) atoms. The van der Waals surface area contributed by atoms with Gasteiger partial charge in [-0.1, -0.05) is 17.9 Å². The van der Waals surface area contributed by atoms with Crippen molar-refractivity contribution in [3.63, 3.8) is 0 Å². The molecule has 2 amide bonds. The van der Waals surface area contributed by atoms with Gasteiger partial charge in [0.25, 0.3) is 0 Å². The Balaban J connectivity index is 1.49. The van der Waals surface area contributed by atoms with Crippen molar-refractivity contribution in [3.8, 4) is 0 Å². The quantitative estimate of drug-likeness (QED) is 0.879. The van der Waals surface area contributed by atoms with Crippen molar-refractivity contribution in [2.45, 2.75) is 38.6 Å². The first-order valence-electron chi connectivity index (χ1n) is 7.33. The monoisotopic (exact) mass is 279 g/mol. The molecule has 1 aliphatic carbocycles. The zero-order chi connectivity index (χ0) is 13.9. The second-order valence-electron chi connectivity index (χ2n) is 5.51. The van der Waals surface area contributed by atoms with Gasteiger partial charge in [-0.25, -0.2) is 4.79 Å². The Morgan fingerprint density at radius 1 is 1.20 bits per heavy atom. The second kappa shape index (κ2) is 5.68. The highest BCUT2D eigenvalue weighted by molar-refractivity contribution is 5.74. The summed E-state index contributed by atoms with van der Waals surface area (Å²) in [4.78, 5) is 16.0. The summed E-state index contributed by atoms with van der Waals surface area (Å²) >= 11 is 0. The average molecular weight is 279 g/mol. The Morgan fingerprint density at radius 3 is 2.50 bits per heavy atom. The third-order valence-electron chi connectivity index (χ3n) is 4.04. The highest BCUT2D eigenvalue weighted by Crippen LogP contribution is 2.18. The van der Waals surface area contributed by atoms with Crippen LogP contribution in [0.1, 0.15) is 31.6 Å². The van der Waals surface area contributed by atoms with Crippen LogP contribution in [0.15, 0.2) is 4.42 Å². The summed E-state index contributed by atoms with van der Waals surface area (Å²) in [7, 11) is 0. The van der Waals surface area contributed by atoms with Gasteiger partial charge in [-0.3, -0.25) is 0 Å². The van der Waals surface area contributed by atoms with Crippen LogP contribution in [-0.4, -0.2) is 53.3 Å². The lowest BCUT2D eigenvalue weighted by Gasteiger charge is -2.34. The average Bonchev–Trinajstić information content (AvgIpc) is 3.10. The number of nitrogens with zero attached hydrogens (tertiary/aromatic N) is 4. The van der Waals surface area contributed by atoms with Crippen molar-refractivity contribution in [1.82, 2.24) is 20.4 Å². The van der Waals surface area contributed by atoms with Gasteiger partial charge in [-0.2, -0.15) is 0 Å². The van der Waals surface area contributed by atoms with Crippen molar-refractivity contribution in [1.29, 1.82) is 0 Å². The van der Waals surface area contributed by atoms with Crippen LogP contribution >= 0.6 is 0 Å². The van der Waals surface area contributed by atoms with E-state index in [0.717, 1.165) is 25.9 Å². The van der Waals surface area contributed by atoms with E-state index in [9.17, 15) is 4.79 Å². The molecular weight excluding hydrogens is 258 g/mol. The van der Waals surface area contributed by atoms with E-state index in [4.69, 9.17) is 4.42 Å². The molecule has 2 heterocycles. The molecule has 3 rings (SSSR count).